The number of hydrogen-bond donors (Lipinski definition) is 0. The van der Waals surface area contributed by atoms with Crippen molar-refractivity contribution in [1.29, 1.82) is 0 Å². The molecule has 0 radical (unpaired) electrons. The van der Waals surface area contributed by atoms with Crippen LogP contribution in [0.4, 0.5) is 0 Å². The number of nitrogens with zero attached hydrogens (tertiary/aromatic N) is 1. The van der Waals surface area contributed by atoms with Crippen LogP contribution < -0.4 is 0 Å². The minimum atomic E-state index is 0.208. The first-order chi connectivity index (χ1) is 8.65. The second-order valence-corrected chi connectivity index (χ2v) is 6.03. The molecule has 2 bridgehead atoms. The van der Waals surface area contributed by atoms with Crippen LogP contribution in [0, 0.1) is 5.92 Å². The maximum absolute atomic E-state index is 12.5. The number of piperidine rings is 1. The van der Waals surface area contributed by atoms with Crippen LogP contribution in [0.2, 0.25) is 5.02 Å². The lowest BCUT2D eigenvalue weighted by molar-refractivity contribution is 0.0767. The summed E-state index contributed by atoms with van der Waals surface area (Å²) in [5.74, 6) is 0.511. The fraction of sp³-hybridized carbons (Fsp3) is 0.533. The molecule has 2 atom stereocenters. The van der Waals surface area contributed by atoms with Crippen LogP contribution in [-0.4, -0.2) is 29.8 Å². The molecule has 0 aromatic heterocycles. The van der Waals surface area contributed by atoms with Crippen LogP contribution in [0.5, 0.6) is 0 Å². The predicted molar refractivity (Wildman–Crippen MR) is 73.1 cm³/mol. The standard InChI is InChI=1S/C15H18ClNO/c1-17-13-6-7-14(17)9-11(8-13)15(18)10-2-4-12(16)5-3-10/h2-5,11,13-14H,6-9H2,1H3. The van der Waals surface area contributed by atoms with E-state index in [4.69, 9.17) is 11.6 Å². The topological polar surface area (TPSA) is 20.3 Å². The number of hydrogen-bond acceptors (Lipinski definition) is 2. The lowest BCUT2D eigenvalue weighted by atomic mass is 9.85. The van der Waals surface area contributed by atoms with Crippen LogP contribution in [0.15, 0.2) is 24.3 Å². The van der Waals surface area contributed by atoms with Crippen molar-refractivity contribution >= 4 is 17.4 Å². The Balaban J connectivity index is 1.76. The van der Waals surface area contributed by atoms with E-state index in [1.165, 1.54) is 12.8 Å². The molecule has 0 saturated carbocycles. The van der Waals surface area contributed by atoms with E-state index in [0.29, 0.717) is 22.9 Å². The molecule has 2 fully saturated rings. The molecule has 2 aliphatic heterocycles. The molecule has 3 rings (SSSR count). The summed E-state index contributed by atoms with van der Waals surface area (Å²) < 4.78 is 0. The monoisotopic (exact) mass is 263 g/mol. The van der Waals surface area contributed by atoms with Crippen LogP contribution >= 0.6 is 11.6 Å². The van der Waals surface area contributed by atoms with Crippen LogP contribution in [0.3, 0.4) is 0 Å². The summed E-state index contributed by atoms with van der Waals surface area (Å²) in [7, 11) is 2.20. The zero-order valence-corrected chi connectivity index (χ0v) is 11.4. The minimum Gasteiger partial charge on any atom is -0.300 e. The number of carbonyl (C=O) groups is 1. The van der Waals surface area contributed by atoms with Gasteiger partial charge in [-0.1, -0.05) is 11.6 Å². The van der Waals surface area contributed by atoms with E-state index < -0.39 is 0 Å². The highest BCUT2D eigenvalue weighted by atomic mass is 35.5. The highest BCUT2D eigenvalue weighted by molar-refractivity contribution is 6.30. The summed E-state index contributed by atoms with van der Waals surface area (Å²) in [4.78, 5) is 14.9. The van der Waals surface area contributed by atoms with Gasteiger partial charge in [0.1, 0.15) is 0 Å². The highest BCUT2D eigenvalue weighted by Gasteiger charge is 2.40. The fourth-order valence-electron chi connectivity index (χ4n) is 3.48. The summed E-state index contributed by atoms with van der Waals surface area (Å²) >= 11 is 5.86. The molecule has 0 spiro atoms. The molecule has 3 heteroatoms. The molecule has 2 saturated heterocycles. The molecule has 96 valence electrons. The molecule has 2 aliphatic rings. The Kier molecular flexibility index (Phi) is 3.16. The van der Waals surface area contributed by atoms with Gasteiger partial charge in [0.25, 0.3) is 0 Å². The number of ketones is 1. The first-order valence-corrected chi connectivity index (χ1v) is 7.04. The second kappa shape index (κ2) is 4.67. The highest BCUT2D eigenvalue weighted by Crippen LogP contribution is 2.38. The molecule has 18 heavy (non-hydrogen) atoms. The summed E-state index contributed by atoms with van der Waals surface area (Å²) in [6.07, 6.45) is 4.56. The Morgan fingerprint density at radius 3 is 2.28 bits per heavy atom. The average Bonchev–Trinajstić information content (AvgIpc) is 2.62. The van der Waals surface area contributed by atoms with E-state index in [0.717, 1.165) is 18.4 Å². The zero-order chi connectivity index (χ0) is 12.7. The lowest BCUT2D eigenvalue weighted by Crippen LogP contribution is -2.42. The van der Waals surface area contributed by atoms with Crippen molar-refractivity contribution < 1.29 is 4.79 Å². The van der Waals surface area contributed by atoms with Gasteiger partial charge in [-0.15, -0.1) is 0 Å². The lowest BCUT2D eigenvalue weighted by Gasteiger charge is -2.35. The van der Waals surface area contributed by atoms with Gasteiger partial charge in [-0.25, -0.2) is 0 Å². The van der Waals surface area contributed by atoms with Crippen molar-refractivity contribution in [3.8, 4) is 0 Å². The van der Waals surface area contributed by atoms with Gasteiger partial charge in [0, 0.05) is 28.6 Å². The molecule has 2 unspecified atom stereocenters. The number of rotatable bonds is 2. The molecular weight excluding hydrogens is 246 g/mol. The summed E-state index contributed by atoms with van der Waals surface area (Å²) in [6, 6.07) is 8.54. The van der Waals surface area contributed by atoms with E-state index in [1.807, 2.05) is 12.1 Å². The predicted octanol–water partition coefficient (Wildman–Crippen LogP) is 3.40. The van der Waals surface area contributed by atoms with E-state index >= 15 is 0 Å². The maximum Gasteiger partial charge on any atom is 0.166 e. The van der Waals surface area contributed by atoms with Gasteiger partial charge in [0.05, 0.1) is 0 Å². The first-order valence-electron chi connectivity index (χ1n) is 6.67. The van der Waals surface area contributed by atoms with Gasteiger partial charge in [-0.3, -0.25) is 4.79 Å². The Labute approximate surface area is 113 Å². The molecular formula is C15H18ClNO. The van der Waals surface area contributed by atoms with Gasteiger partial charge >= 0.3 is 0 Å². The minimum absolute atomic E-state index is 0.208. The zero-order valence-electron chi connectivity index (χ0n) is 10.6. The molecule has 2 nitrogen and oxygen atoms in total. The van der Waals surface area contributed by atoms with Crippen molar-refractivity contribution in [2.75, 3.05) is 7.05 Å². The summed E-state index contributed by atoms with van der Waals surface area (Å²) in [6.45, 7) is 0. The number of benzene rings is 1. The Morgan fingerprint density at radius 1 is 1.17 bits per heavy atom. The van der Waals surface area contributed by atoms with E-state index in [9.17, 15) is 4.79 Å². The van der Waals surface area contributed by atoms with Crippen molar-refractivity contribution in [1.82, 2.24) is 4.90 Å². The Bertz CT molecular complexity index is 442. The van der Waals surface area contributed by atoms with E-state index in [2.05, 4.69) is 11.9 Å². The van der Waals surface area contributed by atoms with Gasteiger partial charge in [0.2, 0.25) is 0 Å². The largest absolute Gasteiger partial charge is 0.300 e. The van der Waals surface area contributed by atoms with Gasteiger partial charge in [0.15, 0.2) is 5.78 Å². The Morgan fingerprint density at radius 2 is 1.72 bits per heavy atom. The SMILES string of the molecule is CN1C2CCC1CC(C(=O)c1ccc(Cl)cc1)C2. The van der Waals surface area contributed by atoms with Crippen molar-refractivity contribution in [2.24, 2.45) is 5.92 Å². The normalized spacial score (nSPS) is 31.6. The quantitative estimate of drug-likeness (QED) is 0.763. The summed E-state index contributed by atoms with van der Waals surface area (Å²) in [5, 5.41) is 0.690. The second-order valence-electron chi connectivity index (χ2n) is 5.59. The van der Waals surface area contributed by atoms with Crippen LogP contribution in [0.25, 0.3) is 0 Å². The third kappa shape index (κ3) is 2.08. The van der Waals surface area contributed by atoms with E-state index in [-0.39, 0.29) is 5.92 Å². The number of carbonyl (C=O) groups excluding carboxylic acids is 1. The van der Waals surface area contributed by atoms with Crippen LogP contribution in [-0.2, 0) is 0 Å². The summed E-state index contributed by atoms with van der Waals surface area (Å²) in [5.41, 5.74) is 0.813. The van der Waals surface area contributed by atoms with Crippen LogP contribution in [0.1, 0.15) is 36.0 Å². The molecule has 1 aromatic carbocycles. The average molecular weight is 264 g/mol. The third-order valence-electron chi connectivity index (χ3n) is 4.60. The van der Waals surface area contributed by atoms with Crippen molar-refractivity contribution in [2.45, 2.75) is 37.8 Å². The number of halogens is 1. The van der Waals surface area contributed by atoms with Gasteiger partial charge in [-0.2, -0.15) is 0 Å². The molecule has 1 aromatic rings. The first kappa shape index (κ1) is 12.2. The van der Waals surface area contributed by atoms with Gasteiger partial charge in [-0.05, 0) is 57.0 Å². The van der Waals surface area contributed by atoms with Crippen molar-refractivity contribution in [3.63, 3.8) is 0 Å². The molecule has 0 amide bonds. The van der Waals surface area contributed by atoms with Gasteiger partial charge < -0.3 is 4.90 Å². The smallest absolute Gasteiger partial charge is 0.166 e. The Hall–Kier alpha value is -0.860. The number of Topliss-reactive ketones (excluding diaryl/α,β-unsaturated/α-hetero) is 1. The van der Waals surface area contributed by atoms with E-state index in [1.54, 1.807) is 12.1 Å². The maximum atomic E-state index is 12.5. The fourth-order valence-corrected chi connectivity index (χ4v) is 3.60. The molecule has 2 heterocycles. The van der Waals surface area contributed by atoms with Crippen molar-refractivity contribution in [3.05, 3.63) is 34.9 Å². The number of fused-ring (bicyclic) bond motifs is 2. The molecule has 0 N–H and O–H groups in total. The third-order valence-corrected chi connectivity index (χ3v) is 4.85. The molecule has 0 aliphatic carbocycles.